The van der Waals surface area contributed by atoms with Crippen LogP contribution in [0.3, 0.4) is 0 Å². The first-order chi connectivity index (χ1) is 14.3. The molecular formula is C26H26N2O2. The second kappa shape index (κ2) is 6.69. The third-order valence-electron chi connectivity index (χ3n) is 5.52. The summed E-state index contributed by atoms with van der Waals surface area (Å²) in [5, 5.41) is 2.34. The van der Waals surface area contributed by atoms with Gasteiger partial charge in [0.05, 0.1) is 11.1 Å². The molecular weight excluding hydrogens is 372 g/mol. The molecule has 4 nitrogen and oxygen atoms in total. The molecule has 0 saturated carbocycles. The van der Waals surface area contributed by atoms with Crippen molar-refractivity contribution >= 4 is 22.6 Å². The molecule has 0 saturated heterocycles. The second-order valence-electron chi connectivity index (χ2n) is 9.29. The number of fused-ring (bicyclic) bond motifs is 1. The van der Waals surface area contributed by atoms with Gasteiger partial charge in [0.25, 0.3) is 0 Å². The van der Waals surface area contributed by atoms with Gasteiger partial charge in [-0.1, -0.05) is 48.5 Å². The van der Waals surface area contributed by atoms with Crippen molar-refractivity contribution in [3.63, 3.8) is 0 Å². The maximum Gasteiger partial charge on any atom is 0.217 e. The third-order valence-corrected chi connectivity index (χ3v) is 5.52. The van der Waals surface area contributed by atoms with Crippen LogP contribution >= 0.6 is 0 Å². The summed E-state index contributed by atoms with van der Waals surface area (Å²) in [5.74, 6) is 1.40. The lowest BCUT2D eigenvalue weighted by atomic mass is 9.90. The molecule has 0 atom stereocenters. The van der Waals surface area contributed by atoms with Crippen LogP contribution in [0.2, 0.25) is 0 Å². The standard InChI is InChI=1S/C26H26N2O2/c1-25(2)15-29-23(27-25)20-12-8-7-11-19(20)22-18-10-6-5-9-17(18)13-14-21(22)24-28-26(3,4)16-30-24/h5-14H,15-16H2,1-4H3. The highest BCUT2D eigenvalue weighted by Crippen LogP contribution is 2.37. The highest BCUT2D eigenvalue weighted by Gasteiger charge is 2.31. The van der Waals surface area contributed by atoms with E-state index in [9.17, 15) is 0 Å². The van der Waals surface area contributed by atoms with Crippen molar-refractivity contribution in [3.05, 3.63) is 71.8 Å². The topological polar surface area (TPSA) is 43.2 Å². The predicted octanol–water partition coefficient (Wildman–Crippen LogP) is 5.62. The molecule has 0 radical (unpaired) electrons. The molecule has 0 fully saturated rings. The first-order valence-electron chi connectivity index (χ1n) is 10.4. The monoisotopic (exact) mass is 398 g/mol. The molecule has 5 rings (SSSR count). The summed E-state index contributed by atoms with van der Waals surface area (Å²) >= 11 is 0. The van der Waals surface area contributed by atoms with Crippen LogP contribution in [-0.4, -0.2) is 36.1 Å². The zero-order valence-electron chi connectivity index (χ0n) is 17.9. The predicted molar refractivity (Wildman–Crippen MR) is 123 cm³/mol. The van der Waals surface area contributed by atoms with Gasteiger partial charge in [-0.05, 0) is 56.2 Å². The lowest BCUT2D eigenvalue weighted by Crippen LogP contribution is -2.17. The Morgan fingerprint density at radius 2 is 1.20 bits per heavy atom. The Morgan fingerprint density at radius 3 is 1.83 bits per heavy atom. The van der Waals surface area contributed by atoms with Crippen LogP contribution in [0.1, 0.15) is 38.8 Å². The van der Waals surface area contributed by atoms with E-state index in [1.807, 2.05) is 6.07 Å². The van der Waals surface area contributed by atoms with Crippen LogP contribution in [0.5, 0.6) is 0 Å². The minimum atomic E-state index is -0.222. The Kier molecular flexibility index (Phi) is 4.21. The summed E-state index contributed by atoms with van der Waals surface area (Å²) in [5.41, 5.74) is 3.75. The summed E-state index contributed by atoms with van der Waals surface area (Å²) in [4.78, 5) is 9.71. The van der Waals surface area contributed by atoms with Crippen LogP contribution in [-0.2, 0) is 9.47 Å². The van der Waals surface area contributed by atoms with Crippen LogP contribution in [0.25, 0.3) is 21.9 Å². The molecule has 0 aromatic heterocycles. The van der Waals surface area contributed by atoms with E-state index in [-0.39, 0.29) is 11.1 Å². The summed E-state index contributed by atoms with van der Waals surface area (Å²) < 4.78 is 12.1. The summed E-state index contributed by atoms with van der Waals surface area (Å²) in [7, 11) is 0. The first kappa shape index (κ1) is 18.9. The van der Waals surface area contributed by atoms with E-state index in [2.05, 4.69) is 82.3 Å². The van der Waals surface area contributed by atoms with Crippen molar-refractivity contribution in [1.82, 2.24) is 0 Å². The fraction of sp³-hybridized carbons (Fsp3) is 0.308. The number of benzene rings is 3. The van der Waals surface area contributed by atoms with Gasteiger partial charge in [-0.3, -0.25) is 0 Å². The Balaban J connectivity index is 1.79. The quantitative estimate of drug-likeness (QED) is 0.575. The fourth-order valence-corrected chi connectivity index (χ4v) is 4.07. The molecule has 4 heteroatoms. The number of hydrogen-bond donors (Lipinski definition) is 0. The van der Waals surface area contributed by atoms with Gasteiger partial charge in [0.15, 0.2) is 0 Å². The Morgan fingerprint density at radius 1 is 0.633 bits per heavy atom. The summed E-state index contributed by atoms with van der Waals surface area (Å²) in [6.45, 7) is 9.54. The zero-order chi connectivity index (χ0) is 20.9. The molecule has 0 aliphatic carbocycles. The molecule has 3 aromatic carbocycles. The van der Waals surface area contributed by atoms with Gasteiger partial charge in [-0.25, -0.2) is 9.98 Å². The van der Waals surface area contributed by atoms with E-state index < -0.39 is 0 Å². The van der Waals surface area contributed by atoms with Crippen LogP contribution < -0.4 is 0 Å². The molecule has 0 N–H and O–H groups in total. The van der Waals surface area contributed by atoms with E-state index in [4.69, 9.17) is 19.5 Å². The maximum absolute atomic E-state index is 6.05. The molecule has 30 heavy (non-hydrogen) atoms. The number of aliphatic imine (C=N–C) groups is 2. The first-order valence-corrected chi connectivity index (χ1v) is 10.4. The van der Waals surface area contributed by atoms with Crippen molar-refractivity contribution in [1.29, 1.82) is 0 Å². The van der Waals surface area contributed by atoms with Crippen molar-refractivity contribution < 1.29 is 9.47 Å². The van der Waals surface area contributed by atoms with E-state index in [1.54, 1.807) is 0 Å². The van der Waals surface area contributed by atoms with Crippen molar-refractivity contribution in [2.75, 3.05) is 13.2 Å². The second-order valence-corrected chi connectivity index (χ2v) is 9.29. The van der Waals surface area contributed by atoms with Crippen molar-refractivity contribution in [2.24, 2.45) is 9.98 Å². The zero-order valence-corrected chi connectivity index (χ0v) is 17.9. The SMILES string of the molecule is CC1(C)COC(c2ccccc2-c2c(C3=NC(C)(C)CO3)ccc3ccccc23)=N1. The molecule has 0 unspecified atom stereocenters. The molecule has 0 amide bonds. The molecule has 2 heterocycles. The molecule has 152 valence electrons. The maximum atomic E-state index is 6.05. The third kappa shape index (κ3) is 3.26. The summed E-state index contributed by atoms with van der Waals surface area (Å²) in [6.07, 6.45) is 0. The lowest BCUT2D eigenvalue weighted by molar-refractivity contribution is 0.279. The van der Waals surface area contributed by atoms with E-state index in [1.165, 1.54) is 5.39 Å². The van der Waals surface area contributed by atoms with Crippen molar-refractivity contribution in [3.8, 4) is 11.1 Å². The number of rotatable bonds is 3. The van der Waals surface area contributed by atoms with E-state index in [0.29, 0.717) is 25.0 Å². The Bertz CT molecular complexity index is 1200. The van der Waals surface area contributed by atoms with Gasteiger partial charge in [-0.15, -0.1) is 0 Å². The van der Waals surface area contributed by atoms with Crippen LogP contribution in [0.15, 0.2) is 70.6 Å². The van der Waals surface area contributed by atoms with Gasteiger partial charge in [0, 0.05) is 16.7 Å². The average molecular weight is 399 g/mol. The average Bonchev–Trinajstić information content (AvgIpc) is 3.28. The number of hydrogen-bond acceptors (Lipinski definition) is 4. The number of ether oxygens (including phenoxy) is 2. The minimum Gasteiger partial charge on any atom is -0.475 e. The molecule has 0 spiro atoms. The Hall–Kier alpha value is -3.14. The molecule has 2 aliphatic rings. The minimum absolute atomic E-state index is 0.216. The summed E-state index contributed by atoms with van der Waals surface area (Å²) in [6, 6.07) is 21.0. The van der Waals surface area contributed by atoms with Gasteiger partial charge in [-0.2, -0.15) is 0 Å². The smallest absolute Gasteiger partial charge is 0.217 e. The largest absolute Gasteiger partial charge is 0.475 e. The number of nitrogens with zero attached hydrogens (tertiary/aromatic N) is 2. The van der Waals surface area contributed by atoms with E-state index in [0.717, 1.165) is 27.6 Å². The van der Waals surface area contributed by atoms with Crippen LogP contribution in [0.4, 0.5) is 0 Å². The van der Waals surface area contributed by atoms with Gasteiger partial charge >= 0.3 is 0 Å². The highest BCUT2D eigenvalue weighted by molar-refractivity contribution is 6.14. The molecule has 0 bridgehead atoms. The van der Waals surface area contributed by atoms with Gasteiger partial charge < -0.3 is 9.47 Å². The highest BCUT2D eigenvalue weighted by atomic mass is 16.5. The normalized spacial score (nSPS) is 19.2. The van der Waals surface area contributed by atoms with Gasteiger partial charge in [0.2, 0.25) is 11.8 Å². The van der Waals surface area contributed by atoms with Gasteiger partial charge in [0.1, 0.15) is 13.2 Å². The van der Waals surface area contributed by atoms with Crippen LogP contribution in [0, 0.1) is 0 Å². The fourth-order valence-electron chi connectivity index (χ4n) is 4.07. The Labute approximate surface area is 177 Å². The molecule has 2 aliphatic heterocycles. The van der Waals surface area contributed by atoms with Crippen molar-refractivity contribution in [2.45, 2.75) is 38.8 Å². The molecule has 3 aromatic rings. The van der Waals surface area contributed by atoms with E-state index >= 15 is 0 Å². The lowest BCUT2D eigenvalue weighted by Gasteiger charge is -2.16.